The zero-order valence-electron chi connectivity index (χ0n) is 13.5. The minimum absolute atomic E-state index is 0.190. The summed E-state index contributed by atoms with van der Waals surface area (Å²) >= 11 is 12.4. The van der Waals surface area contributed by atoms with Gasteiger partial charge in [0, 0.05) is 35.5 Å². The van der Waals surface area contributed by atoms with E-state index in [-0.39, 0.29) is 18.5 Å². The molecule has 1 N–H and O–H groups in total. The number of methoxy groups -OCH3 is 2. The number of carbonyl (C=O) groups is 1. The maximum Gasteiger partial charge on any atom is 0.275 e. The Hall–Kier alpha value is -1.60. The van der Waals surface area contributed by atoms with Crippen molar-refractivity contribution >= 4 is 29.1 Å². The van der Waals surface area contributed by atoms with Gasteiger partial charge in [-0.05, 0) is 24.6 Å². The minimum Gasteiger partial charge on any atom is -0.354 e. The van der Waals surface area contributed by atoms with Crippen LogP contribution in [0.3, 0.4) is 0 Å². The van der Waals surface area contributed by atoms with Gasteiger partial charge in [-0.25, -0.2) is 0 Å². The van der Waals surface area contributed by atoms with Gasteiger partial charge in [-0.2, -0.15) is 5.10 Å². The van der Waals surface area contributed by atoms with Crippen LogP contribution in [0.5, 0.6) is 0 Å². The summed E-state index contributed by atoms with van der Waals surface area (Å²) in [5.74, 6) is -0.190. The molecule has 0 radical (unpaired) electrons. The molecule has 3 rings (SSSR count). The van der Waals surface area contributed by atoms with Crippen molar-refractivity contribution in [1.29, 1.82) is 0 Å². The van der Waals surface area contributed by atoms with E-state index in [4.69, 9.17) is 32.7 Å². The van der Waals surface area contributed by atoms with Crippen molar-refractivity contribution < 1.29 is 14.3 Å². The van der Waals surface area contributed by atoms with Crippen LogP contribution in [0.1, 0.15) is 33.4 Å². The maximum atomic E-state index is 12.8. The molecular formula is C16H17Cl2N3O3. The van der Waals surface area contributed by atoms with Gasteiger partial charge in [0.1, 0.15) is 0 Å². The summed E-state index contributed by atoms with van der Waals surface area (Å²) in [4.78, 5) is 14.5. The Morgan fingerprint density at radius 1 is 1.33 bits per heavy atom. The Labute approximate surface area is 149 Å². The number of benzene rings is 1. The number of aromatic nitrogens is 2. The van der Waals surface area contributed by atoms with Gasteiger partial charge >= 0.3 is 0 Å². The molecule has 0 bridgehead atoms. The van der Waals surface area contributed by atoms with Crippen molar-refractivity contribution in [3.8, 4) is 0 Å². The van der Waals surface area contributed by atoms with Crippen molar-refractivity contribution in [2.45, 2.75) is 19.3 Å². The Morgan fingerprint density at radius 2 is 2.04 bits per heavy atom. The average molecular weight is 370 g/mol. The third-order valence-corrected chi connectivity index (χ3v) is 4.73. The van der Waals surface area contributed by atoms with Gasteiger partial charge in [0.15, 0.2) is 12.0 Å². The standard InChI is InChI=1S/C16H17Cl2N3O3/c1-8-13-14(20-19-8)16(22)21(7-12(23-2)24-3)15(13)10-5-4-9(17)6-11(10)18/h4-6,12,15H,7H2,1-3H3,(H,19,20). The fourth-order valence-electron chi connectivity index (χ4n) is 2.99. The van der Waals surface area contributed by atoms with Crippen LogP contribution in [0, 0.1) is 6.92 Å². The molecule has 128 valence electrons. The van der Waals surface area contributed by atoms with Crippen LogP contribution >= 0.6 is 23.2 Å². The molecule has 6 nitrogen and oxygen atoms in total. The molecule has 1 aliphatic heterocycles. The molecule has 2 aromatic rings. The number of aryl methyl sites for hydroxylation is 1. The van der Waals surface area contributed by atoms with Gasteiger partial charge in [-0.3, -0.25) is 9.89 Å². The monoisotopic (exact) mass is 369 g/mol. The number of fused-ring (bicyclic) bond motifs is 1. The smallest absolute Gasteiger partial charge is 0.275 e. The van der Waals surface area contributed by atoms with E-state index in [1.54, 1.807) is 17.0 Å². The molecular weight excluding hydrogens is 353 g/mol. The zero-order chi connectivity index (χ0) is 17.4. The van der Waals surface area contributed by atoms with E-state index < -0.39 is 6.29 Å². The molecule has 1 aromatic heterocycles. The summed E-state index contributed by atoms with van der Waals surface area (Å²) in [5, 5.41) is 8.04. The summed E-state index contributed by atoms with van der Waals surface area (Å²) < 4.78 is 10.5. The number of hydrogen-bond acceptors (Lipinski definition) is 4. The second-order valence-electron chi connectivity index (χ2n) is 5.54. The molecule has 1 aliphatic rings. The van der Waals surface area contributed by atoms with Gasteiger partial charge < -0.3 is 14.4 Å². The number of ether oxygens (including phenoxy) is 2. The SMILES string of the molecule is COC(CN1C(=O)c2n[nH]c(C)c2C1c1ccc(Cl)cc1Cl)OC. The third kappa shape index (κ3) is 2.80. The molecule has 1 aromatic carbocycles. The van der Waals surface area contributed by atoms with Crippen molar-refractivity contribution in [1.82, 2.24) is 15.1 Å². The highest BCUT2D eigenvalue weighted by molar-refractivity contribution is 6.35. The largest absolute Gasteiger partial charge is 0.354 e. The first-order valence-electron chi connectivity index (χ1n) is 7.34. The van der Waals surface area contributed by atoms with Crippen LogP contribution in [0.25, 0.3) is 0 Å². The first kappa shape index (κ1) is 17.2. The molecule has 0 spiro atoms. The van der Waals surface area contributed by atoms with E-state index in [1.807, 2.05) is 13.0 Å². The first-order chi connectivity index (χ1) is 11.5. The van der Waals surface area contributed by atoms with Gasteiger partial charge in [0.25, 0.3) is 5.91 Å². The van der Waals surface area contributed by atoms with Crippen molar-refractivity contribution in [3.05, 3.63) is 50.8 Å². The highest BCUT2D eigenvalue weighted by Gasteiger charge is 2.43. The molecule has 0 aliphatic carbocycles. The third-order valence-electron chi connectivity index (χ3n) is 4.17. The Kier molecular flexibility index (Phi) is 4.83. The quantitative estimate of drug-likeness (QED) is 0.821. The Balaban J connectivity index is 2.09. The van der Waals surface area contributed by atoms with E-state index in [0.29, 0.717) is 15.7 Å². The average Bonchev–Trinajstić information content (AvgIpc) is 3.05. The predicted molar refractivity (Wildman–Crippen MR) is 90.5 cm³/mol. The molecule has 0 saturated heterocycles. The molecule has 0 fully saturated rings. The van der Waals surface area contributed by atoms with Crippen LogP contribution in [0.15, 0.2) is 18.2 Å². The molecule has 8 heteroatoms. The molecule has 24 heavy (non-hydrogen) atoms. The van der Waals surface area contributed by atoms with E-state index in [9.17, 15) is 4.79 Å². The highest BCUT2D eigenvalue weighted by atomic mass is 35.5. The van der Waals surface area contributed by atoms with Gasteiger partial charge in [-0.15, -0.1) is 0 Å². The maximum absolute atomic E-state index is 12.8. The summed E-state index contributed by atoms with van der Waals surface area (Å²) in [5.41, 5.74) is 2.82. The highest BCUT2D eigenvalue weighted by Crippen LogP contribution is 2.42. The van der Waals surface area contributed by atoms with Crippen molar-refractivity contribution in [2.24, 2.45) is 0 Å². The van der Waals surface area contributed by atoms with E-state index in [2.05, 4.69) is 10.2 Å². The molecule has 0 saturated carbocycles. The fourth-order valence-corrected chi connectivity index (χ4v) is 3.50. The summed E-state index contributed by atoms with van der Waals surface area (Å²) in [6, 6.07) is 4.87. The van der Waals surface area contributed by atoms with E-state index in [0.717, 1.165) is 16.8 Å². The lowest BCUT2D eigenvalue weighted by Crippen LogP contribution is -2.38. The number of nitrogens with one attached hydrogen (secondary N) is 1. The van der Waals surface area contributed by atoms with Crippen LogP contribution < -0.4 is 0 Å². The van der Waals surface area contributed by atoms with Crippen LogP contribution in [0.4, 0.5) is 0 Å². The minimum atomic E-state index is -0.546. The Bertz CT molecular complexity index is 774. The van der Waals surface area contributed by atoms with E-state index in [1.165, 1.54) is 14.2 Å². The number of hydrogen-bond donors (Lipinski definition) is 1. The summed E-state index contributed by atoms with van der Waals surface area (Å²) in [6.07, 6.45) is -0.546. The van der Waals surface area contributed by atoms with Crippen LogP contribution in [-0.2, 0) is 9.47 Å². The second kappa shape index (κ2) is 6.72. The van der Waals surface area contributed by atoms with Crippen LogP contribution in [0.2, 0.25) is 10.0 Å². The topological polar surface area (TPSA) is 67.5 Å². The number of carbonyl (C=O) groups excluding carboxylic acids is 1. The number of halogens is 2. The van der Waals surface area contributed by atoms with Gasteiger partial charge in [0.2, 0.25) is 0 Å². The number of nitrogens with zero attached hydrogens (tertiary/aromatic N) is 2. The van der Waals surface area contributed by atoms with Crippen molar-refractivity contribution in [3.63, 3.8) is 0 Å². The fraction of sp³-hybridized carbons (Fsp3) is 0.375. The number of amides is 1. The van der Waals surface area contributed by atoms with E-state index >= 15 is 0 Å². The predicted octanol–water partition coefficient (Wildman–Crippen LogP) is 3.19. The summed E-state index contributed by atoms with van der Waals surface area (Å²) in [7, 11) is 3.06. The molecule has 1 unspecified atom stereocenters. The van der Waals surface area contributed by atoms with Gasteiger partial charge in [-0.1, -0.05) is 29.3 Å². The van der Waals surface area contributed by atoms with Crippen molar-refractivity contribution in [2.75, 3.05) is 20.8 Å². The van der Waals surface area contributed by atoms with Crippen LogP contribution in [-0.4, -0.2) is 48.1 Å². The lowest BCUT2D eigenvalue weighted by Gasteiger charge is -2.29. The number of rotatable bonds is 5. The van der Waals surface area contributed by atoms with Gasteiger partial charge in [0.05, 0.1) is 12.6 Å². The number of aromatic amines is 1. The zero-order valence-corrected chi connectivity index (χ0v) is 15.0. The molecule has 1 atom stereocenters. The molecule has 1 amide bonds. The number of H-pyrrole nitrogens is 1. The lowest BCUT2D eigenvalue weighted by molar-refractivity contribution is -0.113. The molecule has 2 heterocycles. The normalized spacial score (nSPS) is 17.0. The Morgan fingerprint density at radius 3 is 2.67 bits per heavy atom. The first-order valence-corrected chi connectivity index (χ1v) is 8.09. The lowest BCUT2D eigenvalue weighted by atomic mass is 9.99. The summed E-state index contributed by atoms with van der Waals surface area (Å²) in [6.45, 7) is 2.13. The second-order valence-corrected chi connectivity index (χ2v) is 6.38.